The summed E-state index contributed by atoms with van der Waals surface area (Å²) in [5, 5.41) is 14.4. The van der Waals surface area contributed by atoms with Crippen LogP contribution in [0.25, 0.3) is 0 Å². The van der Waals surface area contributed by atoms with Crippen molar-refractivity contribution in [3.8, 4) is 5.75 Å². The maximum absolute atomic E-state index is 12.5. The average Bonchev–Trinajstić information content (AvgIpc) is 3.08. The lowest BCUT2D eigenvalue weighted by molar-refractivity contribution is 0.0708. The van der Waals surface area contributed by atoms with Gasteiger partial charge in [-0.05, 0) is 30.8 Å². The number of hydrogen-bond donors (Lipinski definition) is 2. The highest BCUT2D eigenvalue weighted by molar-refractivity contribution is 7.12. The number of methoxy groups -OCH3 is 1. The number of carbonyl (C=O) groups excluding carboxylic acids is 1. The Morgan fingerprint density at radius 1 is 1.68 bits per heavy atom. The number of nitrogens with one attached hydrogen (secondary N) is 1. The number of nitrogens with zero attached hydrogens (tertiary/aromatic N) is 1. The molecule has 1 aromatic heterocycles. The minimum absolute atomic E-state index is 0.0217. The minimum atomic E-state index is -0.0606. The van der Waals surface area contributed by atoms with E-state index in [0.717, 1.165) is 19.4 Å². The van der Waals surface area contributed by atoms with E-state index >= 15 is 0 Å². The Bertz CT molecular complexity index is 416. The van der Waals surface area contributed by atoms with Gasteiger partial charge < -0.3 is 20.1 Å². The molecule has 2 heterocycles. The largest absolute Gasteiger partial charge is 0.495 e. The first-order valence-electron chi connectivity index (χ1n) is 6.51. The first kappa shape index (κ1) is 14.3. The molecule has 1 aromatic rings. The fourth-order valence-electron chi connectivity index (χ4n) is 2.33. The van der Waals surface area contributed by atoms with E-state index in [9.17, 15) is 4.79 Å². The van der Waals surface area contributed by atoms with Crippen LogP contribution in [0.15, 0.2) is 11.4 Å². The Balaban J connectivity index is 2.06. The normalized spacial score (nSPS) is 18.5. The maximum Gasteiger partial charge on any atom is 0.267 e. The third-order valence-electron chi connectivity index (χ3n) is 3.30. The van der Waals surface area contributed by atoms with Crippen LogP contribution < -0.4 is 10.1 Å². The lowest BCUT2D eigenvalue weighted by Gasteiger charge is -2.25. The molecule has 0 saturated carbocycles. The highest BCUT2D eigenvalue weighted by Crippen LogP contribution is 2.26. The quantitative estimate of drug-likeness (QED) is 0.816. The molecule has 1 amide bonds. The van der Waals surface area contributed by atoms with Crippen LogP contribution in [0, 0.1) is 0 Å². The Labute approximate surface area is 117 Å². The molecule has 0 bridgehead atoms. The van der Waals surface area contributed by atoms with Gasteiger partial charge in [0.15, 0.2) is 0 Å². The second kappa shape index (κ2) is 6.88. The summed E-state index contributed by atoms with van der Waals surface area (Å²) in [6, 6.07) is 2.13. The van der Waals surface area contributed by atoms with Gasteiger partial charge in [-0.25, -0.2) is 0 Å². The Hall–Kier alpha value is -1.11. The molecule has 0 aromatic carbocycles. The number of aliphatic hydroxyl groups is 1. The van der Waals surface area contributed by atoms with E-state index in [2.05, 4.69) is 5.32 Å². The number of thiophene rings is 1. The molecule has 19 heavy (non-hydrogen) atoms. The molecular formula is C13H20N2O3S. The summed E-state index contributed by atoms with van der Waals surface area (Å²) in [5.41, 5.74) is 0. The van der Waals surface area contributed by atoms with Crippen molar-refractivity contribution in [2.75, 3.05) is 33.4 Å². The van der Waals surface area contributed by atoms with Gasteiger partial charge in [0.2, 0.25) is 0 Å². The van der Waals surface area contributed by atoms with Crippen LogP contribution in [-0.2, 0) is 0 Å². The summed E-state index contributed by atoms with van der Waals surface area (Å²) >= 11 is 1.38. The molecule has 0 aliphatic carbocycles. The predicted molar refractivity (Wildman–Crippen MR) is 74.9 cm³/mol. The van der Waals surface area contributed by atoms with E-state index in [1.807, 2.05) is 5.38 Å². The SMILES string of the molecule is COc1ccsc1C(=O)N(CCO)CC1CCCN1. The molecule has 2 N–H and O–H groups in total. The Morgan fingerprint density at radius 3 is 3.16 bits per heavy atom. The van der Waals surface area contributed by atoms with Gasteiger partial charge in [-0.15, -0.1) is 11.3 Å². The van der Waals surface area contributed by atoms with Crippen LogP contribution in [0.4, 0.5) is 0 Å². The van der Waals surface area contributed by atoms with Crippen molar-refractivity contribution >= 4 is 17.2 Å². The number of carbonyl (C=O) groups is 1. The zero-order valence-corrected chi connectivity index (χ0v) is 11.9. The molecule has 106 valence electrons. The van der Waals surface area contributed by atoms with Gasteiger partial charge in [0.05, 0.1) is 13.7 Å². The van der Waals surface area contributed by atoms with Gasteiger partial charge in [-0.3, -0.25) is 4.79 Å². The van der Waals surface area contributed by atoms with Crippen molar-refractivity contribution in [2.24, 2.45) is 0 Å². The zero-order chi connectivity index (χ0) is 13.7. The monoisotopic (exact) mass is 284 g/mol. The lowest BCUT2D eigenvalue weighted by Crippen LogP contribution is -2.42. The molecule has 1 unspecified atom stereocenters. The minimum Gasteiger partial charge on any atom is -0.495 e. The molecular weight excluding hydrogens is 264 g/mol. The fourth-order valence-corrected chi connectivity index (χ4v) is 3.16. The van der Waals surface area contributed by atoms with E-state index in [1.54, 1.807) is 18.1 Å². The molecule has 0 spiro atoms. The van der Waals surface area contributed by atoms with Crippen molar-refractivity contribution in [1.29, 1.82) is 0 Å². The summed E-state index contributed by atoms with van der Waals surface area (Å²) in [6.45, 7) is 1.98. The summed E-state index contributed by atoms with van der Waals surface area (Å²) in [6.07, 6.45) is 2.23. The molecule has 0 radical (unpaired) electrons. The first-order valence-corrected chi connectivity index (χ1v) is 7.39. The van der Waals surface area contributed by atoms with E-state index in [4.69, 9.17) is 9.84 Å². The number of amides is 1. The van der Waals surface area contributed by atoms with Crippen molar-refractivity contribution in [2.45, 2.75) is 18.9 Å². The summed E-state index contributed by atoms with van der Waals surface area (Å²) < 4.78 is 5.19. The lowest BCUT2D eigenvalue weighted by atomic mass is 10.2. The summed E-state index contributed by atoms with van der Waals surface area (Å²) in [4.78, 5) is 14.8. The first-order chi connectivity index (χ1) is 9.26. The van der Waals surface area contributed by atoms with Crippen LogP contribution in [0.2, 0.25) is 0 Å². The van der Waals surface area contributed by atoms with E-state index in [0.29, 0.717) is 29.8 Å². The van der Waals surface area contributed by atoms with E-state index in [1.165, 1.54) is 11.3 Å². The van der Waals surface area contributed by atoms with Gasteiger partial charge in [-0.2, -0.15) is 0 Å². The van der Waals surface area contributed by atoms with Gasteiger partial charge in [0.1, 0.15) is 10.6 Å². The van der Waals surface area contributed by atoms with Crippen LogP contribution in [0.1, 0.15) is 22.5 Å². The topological polar surface area (TPSA) is 61.8 Å². The molecule has 1 aliphatic heterocycles. The van der Waals surface area contributed by atoms with Gasteiger partial charge in [0.25, 0.3) is 5.91 Å². The molecule has 1 atom stereocenters. The van der Waals surface area contributed by atoms with Crippen molar-refractivity contribution < 1.29 is 14.6 Å². The van der Waals surface area contributed by atoms with Gasteiger partial charge in [-0.1, -0.05) is 0 Å². The summed E-state index contributed by atoms with van der Waals surface area (Å²) in [5.74, 6) is 0.548. The van der Waals surface area contributed by atoms with E-state index in [-0.39, 0.29) is 12.5 Å². The number of ether oxygens (including phenoxy) is 1. The maximum atomic E-state index is 12.5. The zero-order valence-electron chi connectivity index (χ0n) is 11.1. The summed E-state index contributed by atoms with van der Waals surface area (Å²) in [7, 11) is 1.56. The third-order valence-corrected chi connectivity index (χ3v) is 4.19. The predicted octanol–water partition coefficient (Wildman–Crippen LogP) is 0.943. The molecule has 1 fully saturated rings. The highest BCUT2D eigenvalue weighted by atomic mass is 32.1. The average molecular weight is 284 g/mol. The molecule has 2 rings (SSSR count). The van der Waals surface area contributed by atoms with Gasteiger partial charge in [0, 0.05) is 19.1 Å². The Kier molecular flexibility index (Phi) is 5.18. The standard InChI is InChI=1S/C13H20N2O3S/c1-18-11-4-8-19-12(11)13(17)15(6-7-16)9-10-3-2-5-14-10/h4,8,10,14,16H,2-3,5-7,9H2,1H3. The second-order valence-corrected chi connectivity index (χ2v) is 5.50. The number of aliphatic hydroxyl groups excluding tert-OH is 1. The van der Waals surface area contributed by atoms with Crippen LogP contribution in [0.5, 0.6) is 5.75 Å². The molecule has 6 heteroatoms. The molecule has 5 nitrogen and oxygen atoms in total. The van der Waals surface area contributed by atoms with Crippen molar-refractivity contribution in [1.82, 2.24) is 10.2 Å². The fraction of sp³-hybridized carbons (Fsp3) is 0.615. The smallest absolute Gasteiger partial charge is 0.267 e. The molecule has 1 saturated heterocycles. The van der Waals surface area contributed by atoms with E-state index < -0.39 is 0 Å². The Morgan fingerprint density at radius 2 is 2.53 bits per heavy atom. The van der Waals surface area contributed by atoms with Crippen molar-refractivity contribution in [3.63, 3.8) is 0 Å². The van der Waals surface area contributed by atoms with Crippen LogP contribution in [-0.4, -0.2) is 55.3 Å². The van der Waals surface area contributed by atoms with Crippen LogP contribution in [0.3, 0.4) is 0 Å². The van der Waals surface area contributed by atoms with Gasteiger partial charge >= 0.3 is 0 Å². The van der Waals surface area contributed by atoms with Crippen LogP contribution >= 0.6 is 11.3 Å². The number of hydrogen-bond acceptors (Lipinski definition) is 5. The highest BCUT2D eigenvalue weighted by Gasteiger charge is 2.24. The second-order valence-electron chi connectivity index (χ2n) is 4.59. The van der Waals surface area contributed by atoms with Crippen molar-refractivity contribution in [3.05, 3.63) is 16.3 Å². The molecule has 1 aliphatic rings. The number of rotatable bonds is 6. The third kappa shape index (κ3) is 3.46.